The van der Waals surface area contributed by atoms with Crippen molar-refractivity contribution < 1.29 is 31.5 Å². The molecular formula is C9H6ClF5N2O2. The molecule has 4 nitrogen and oxygen atoms in total. The first-order chi connectivity index (χ1) is 8.65. The number of aromatic nitrogens is 1. The van der Waals surface area contributed by atoms with Crippen molar-refractivity contribution in [3.8, 4) is 5.75 Å². The van der Waals surface area contributed by atoms with Crippen molar-refractivity contribution in [1.29, 1.82) is 0 Å². The first-order valence-corrected chi connectivity index (χ1v) is 5.01. The van der Waals surface area contributed by atoms with Gasteiger partial charge < -0.3 is 10.5 Å². The minimum Gasteiger partial charge on any atom is -0.403 e. The summed E-state index contributed by atoms with van der Waals surface area (Å²) in [5.41, 5.74) is 2.71. The van der Waals surface area contributed by atoms with Crippen LogP contribution in [0.1, 0.15) is 28.2 Å². The van der Waals surface area contributed by atoms with E-state index in [-0.39, 0.29) is 0 Å². The Bertz CT molecular complexity index is 492. The van der Waals surface area contributed by atoms with Crippen molar-refractivity contribution in [2.24, 2.45) is 5.73 Å². The van der Waals surface area contributed by atoms with Gasteiger partial charge in [-0.1, -0.05) is 0 Å². The predicted molar refractivity (Wildman–Crippen MR) is 54.0 cm³/mol. The molecule has 0 aromatic carbocycles. The summed E-state index contributed by atoms with van der Waals surface area (Å²) >= 11 is 5.01. The number of nitrogens with two attached hydrogens (primary N) is 1. The molecule has 0 saturated heterocycles. The number of halogens is 6. The molecule has 106 valence electrons. The zero-order chi connectivity index (χ0) is 14.8. The second-order valence-electron chi connectivity index (χ2n) is 3.21. The normalized spacial score (nSPS) is 11.8. The maximum Gasteiger partial charge on any atom is 0.573 e. The highest BCUT2D eigenvalue weighted by Gasteiger charge is 2.35. The molecule has 0 unspecified atom stereocenters. The highest BCUT2D eigenvalue weighted by Crippen LogP contribution is 2.32. The fraction of sp³-hybridized carbons (Fsp3) is 0.333. The number of carbonyl (C=O) groups is 1. The van der Waals surface area contributed by atoms with Gasteiger partial charge in [0.25, 0.3) is 11.7 Å². The van der Waals surface area contributed by atoms with Gasteiger partial charge in [0.15, 0.2) is 11.4 Å². The smallest absolute Gasteiger partial charge is 0.403 e. The summed E-state index contributed by atoms with van der Waals surface area (Å²) in [5.74, 6) is -1.07. The summed E-state index contributed by atoms with van der Waals surface area (Å²) in [6.07, 6.45) is -8.24. The van der Waals surface area contributed by atoms with Gasteiger partial charge >= 0.3 is 6.36 Å². The molecule has 0 spiro atoms. The lowest BCUT2D eigenvalue weighted by Gasteiger charge is -2.15. The molecule has 19 heavy (non-hydrogen) atoms. The number of nitrogens with zero attached hydrogens (tertiary/aromatic N) is 1. The molecule has 0 atom stereocenters. The third kappa shape index (κ3) is 4.00. The largest absolute Gasteiger partial charge is 0.573 e. The molecule has 0 bridgehead atoms. The molecule has 0 radical (unpaired) electrons. The van der Waals surface area contributed by atoms with Gasteiger partial charge in [-0.2, -0.15) is 0 Å². The van der Waals surface area contributed by atoms with Crippen LogP contribution in [0.2, 0.25) is 0 Å². The van der Waals surface area contributed by atoms with Gasteiger partial charge in [-0.15, -0.1) is 13.2 Å². The summed E-state index contributed by atoms with van der Waals surface area (Å²) in [7, 11) is 0. The van der Waals surface area contributed by atoms with Gasteiger partial charge in [0.2, 0.25) is 0 Å². The lowest BCUT2D eigenvalue weighted by molar-refractivity contribution is -0.275. The molecule has 0 aliphatic rings. The minimum atomic E-state index is -5.14. The molecule has 0 aliphatic carbocycles. The van der Waals surface area contributed by atoms with Crippen molar-refractivity contribution in [3.05, 3.63) is 23.0 Å². The van der Waals surface area contributed by atoms with Gasteiger partial charge in [0.05, 0.1) is 0 Å². The summed E-state index contributed by atoms with van der Waals surface area (Å²) in [6.45, 7) is -0.565. The molecule has 0 fully saturated rings. The summed E-state index contributed by atoms with van der Waals surface area (Å²) in [6, 6.07) is 0.620. The molecular weight excluding hydrogens is 299 g/mol. The van der Waals surface area contributed by atoms with E-state index in [0.717, 1.165) is 0 Å². The van der Waals surface area contributed by atoms with E-state index in [1.54, 1.807) is 0 Å². The van der Waals surface area contributed by atoms with E-state index in [9.17, 15) is 26.7 Å². The lowest BCUT2D eigenvalue weighted by Crippen LogP contribution is -2.21. The van der Waals surface area contributed by atoms with E-state index in [1.165, 1.54) is 0 Å². The van der Waals surface area contributed by atoms with E-state index in [4.69, 9.17) is 17.3 Å². The average Bonchev–Trinajstić information content (AvgIpc) is 2.26. The summed E-state index contributed by atoms with van der Waals surface area (Å²) in [5, 5.41) is -1.46. The maximum absolute atomic E-state index is 12.5. The van der Waals surface area contributed by atoms with E-state index in [0.29, 0.717) is 6.07 Å². The van der Waals surface area contributed by atoms with Gasteiger partial charge in [-0.05, 0) is 17.7 Å². The summed E-state index contributed by atoms with van der Waals surface area (Å²) in [4.78, 5) is 14.0. The maximum atomic E-state index is 12.5. The number of ether oxygens (including phenoxy) is 1. The first kappa shape index (κ1) is 15.6. The van der Waals surface area contributed by atoms with Crippen molar-refractivity contribution >= 4 is 16.8 Å². The summed E-state index contributed by atoms with van der Waals surface area (Å²) < 4.78 is 65.0. The third-order valence-electron chi connectivity index (χ3n) is 1.92. The Hall–Kier alpha value is -1.48. The van der Waals surface area contributed by atoms with E-state index < -0.39 is 47.3 Å². The zero-order valence-electron chi connectivity index (χ0n) is 8.97. The van der Waals surface area contributed by atoms with Crippen LogP contribution in [0.15, 0.2) is 6.07 Å². The first-order valence-electron chi connectivity index (χ1n) is 4.63. The van der Waals surface area contributed by atoms with Crippen LogP contribution in [0, 0.1) is 0 Å². The monoisotopic (exact) mass is 304 g/mol. The molecule has 1 aromatic heterocycles. The van der Waals surface area contributed by atoms with Crippen LogP contribution in [-0.4, -0.2) is 16.6 Å². The SMILES string of the molecule is NCc1cc(C(F)F)nc(C(=O)Cl)c1OC(F)(F)F. The van der Waals surface area contributed by atoms with E-state index in [2.05, 4.69) is 9.72 Å². The standard InChI is InChI=1S/C9H6ClF5N2O2/c10-7(18)5-6(19-9(13,14)15)3(2-16)1-4(17-5)8(11)12/h1,8H,2,16H2. The lowest BCUT2D eigenvalue weighted by atomic mass is 10.1. The Kier molecular flexibility index (Phi) is 4.64. The van der Waals surface area contributed by atoms with Crippen LogP contribution in [0.3, 0.4) is 0 Å². The Morgan fingerprint density at radius 1 is 1.47 bits per heavy atom. The van der Waals surface area contributed by atoms with E-state index in [1.807, 2.05) is 0 Å². The van der Waals surface area contributed by atoms with Crippen molar-refractivity contribution in [3.63, 3.8) is 0 Å². The van der Waals surface area contributed by atoms with Crippen LogP contribution in [0.25, 0.3) is 0 Å². The molecule has 2 N–H and O–H groups in total. The third-order valence-corrected chi connectivity index (χ3v) is 2.10. The average molecular weight is 305 g/mol. The molecule has 1 heterocycles. The van der Waals surface area contributed by atoms with Gasteiger partial charge in [0, 0.05) is 12.1 Å². The number of hydrogen-bond donors (Lipinski definition) is 1. The van der Waals surface area contributed by atoms with Crippen LogP contribution >= 0.6 is 11.6 Å². The fourth-order valence-electron chi connectivity index (χ4n) is 1.23. The van der Waals surface area contributed by atoms with Gasteiger partial charge in [-0.25, -0.2) is 13.8 Å². The molecule has 0 saturated carbocycles. The fourth-order valence-corrected chi connectivity index (χ4v) is 1.36. The number of alkyl halides is 5. The van der Waals surface area contributed by atoms with Gasteiger partial charge in [-0.3, -0.25) is 4.79 Å². The molecule has 0 amide bonds. The number of rotatable bonds is 4. The number of pyridine rings is 1. The predicted octanol–water partition coefficient (Wildman–Crippen LogP) is 2.76. The van der Waals surface area contributed by atoms with Crippen LogP contribution < -0.4 is 10.5 Å². The van der Waals surface area contributed by atoms with Crippen LogP contribution in [-0.2, 0) is 6.54 Å². The van der Waals surface area contributed by atoms with Crippen molar-refractivity contribution in [1.82, 2.24) is 4.98 Å². The number of hydrogen-bond acceptors (Lipinski definition) is 4. The van der Waals surface area contributed by atoms with Crippen LogP contribution in [0.4, 0.5) is 22.0 Å². The highest BCUT2D eigenvalue weighted by molar-refractivity contribution is 6.67. The van der Waals surface area contributed by atoms with Crippen molar-refractivity contribution in [2.45, 2.75) is 19.3 Å². The second kappa shape index (κ2) is 5.66. The molecule has 0 aliphatic heterocycles. The van der Waals surface area contributed by atoms with E-state index >= 15 is 0 Å². The number of carbonyl (C=O) groups excluding carboxylic acids is 1. The van der Waals surface area contributed by atoms with Crippen LogP contribution in [0.5, 0.6) is 5.75 Å². The molecule has 10 heteroatoms. The molecule has 1 aromatic rings. The highest BCUT2D eigenvalue weighted by atomic mass is 35.5. The van der Waals surface area contributed by atoms with Gasteiger partial charge in [0.1, 0.15) is 5.69 Å². The quantitative estimate of drug-likeness (QED) is 0.686. The minimum absolute atomic E-state index is 0.452. The topological polar surface area (TPSA) is 65.2 Å². The Balaban J connectivity index is 3.45. The Morgan fingerprint density at radius 2 is 2.05 bits per heavy atom. The second-order valence-corrected chi connectivity index (χ2v) is 3.55. The zero-order valence-corrected chi connectivity index (χ0v) is 9.73. The molecule has 1 rings (SSSR count). The Labute approximate surface area is 108 Å². The van der Waals surface area contributed by atoms with Crippen molar-refractivity contribution in [2.75, 3.05) is 0 Å². The Morgan fingerprint density at radius 3 is 2.42 bits per heavy atom.